The fourth-order valence-corrected chi connectivity index (χ4v) is 2.87. The molecule has 4 nitrogen and oxygen atoms in total. The quantitative estimate of drug-likeness (QED) is 0.785. The molecule has 1 aliphatic heterocycles. The maximum atomic E-state index is 12.3. The van der Waals surface area contributed by atoms with Crippen molar-refractivity contribution in [1.82, 2.24) is 4.31 Å². The van der Waals surface area contributed by atoms with E-state index >= 15 is 0 Å². The number of piperidine rings is 1. The zero-order chi connectivity index (χ0) is 11.5. The average molecular weight is 242 g/mol. The fourth-order valence-electron chi connectivity index (χ4n) is 1.84. The summed E-state index contributed by atoms with van der Waals surface area (Å²) in [7, 11) is -4.39. The molecule has 7 heteroatoms. The van der Waals surface area contributed by atoms with Crippen molar-refractivity contribution in [3.8, 4) is 0 Å². The number of sulfonamides is 1. The topological polar surface area (TPSA) is 63.4 Å². The predicted octanol–water partition coefficient (Wildman–Crippen LogP) is 0.600. The Hall–Kier alpha value is -0.270. The zero-order valence-electron chi connectivity index (χ0n) is 8.40. The lowest BCUT2D eigenvalue weighted by atomic mass is 9.96. The second-order valence-corrected chi connectivity index (χ2v) is 5.65. The summed E-state index contributed by atoms with van der Waals surface area (Å²) in [6.45, 7) is 0.852. The van der Waals surface area contributed by atoms with Crippen molar-refractivity contribution >= 4 is 10.0 Å². The van der Waals surface area contributed by atoms with Gasteiger partial charge < -0.3 is 5.73 Å². The molecule has 0 saturated carbocycles. The molecule has 0 amide bonds. The van der Waals surface area contributed by atoms with Crippen LogP contribution in [0.15, 0.2) is 0 Å². The summed E-state index contributed by atoms with van der Waals surface area (Å²) in [6.07, 6.45) is 2.19. The molecule has 1 fully saturated rings. The van der Waals surface area contributed by atoms with Gasteiger partial charge in [0.2, 0.25) is 0 Å². The van der Waals surface area contributed by atoms with Crippen LogP contribution in [0.5, 0.6) is 0 Å². The minimum Gasteiger partial charge on any atom is -0.330 e. The van der Waals surface area contributed by atoms with Gasteiger partial charge in [-0.15, -0.1) is 0 Å². The molecule has 0 spiro atoms. The molecule has 1 aliphatic rings. The molecule has 0 aromatic heterocycles. The first-order valence-corrected chi connectivity index (χ1v) is 6.46. The van der Waals surface area contributed by atoms with Gasteiger partial charge in [0, 0.05) is 13.1 Å². The third kappa shape index (κ3) is 3.09. The van der Waals surface area contributed by atoms with E-state index in [0.717, 1.165) is 10.7 Å². The molecule has 1 heterocycles. The van der Waals surface area contributed by atoms with Crippen molar-refractivity contribution in [2.45, 2.75) is 25.0 Å². The Morgan fingerprint density at radius 2 is 2.13 bits per heavy atom. The van der Waals surface area contributed by atoms with Gasteiger partial charge in [0.15, 0.2) is 0 Å². The first-order valence-electron chi connectivity index (χ1n) is 4.95. The van der Waals surface area contributed by atoms with Gasteiger partial charge in [-0.05, 0) is 31.7 Å². The Bertz CT molecular complexity index is 293. The first kappa shape index (κ1) is 12.8. The molecular formula is C8H16F2N2O2S. The summed E-state index contributed by atoms with van der Waals surface area (Å²) in [5.74, 6) is -3.19. The van der Waals surface area contributed by atoms with Crippen LogP contribution in [-0.4, -0.2) is 38.1 Å². The second kappa shape index (κ2) is 5.18. The summed E-state index contributed by atoms with van der Waals surface area (Å²) >= 11 is 0. The smallest absolute Gasteiger partial charge is 0.330 e. The molecular weight excluding hydrogens is 226 g/mol. The van der Waals surface area contributed by atoms with Gasteiger partial charge in [-0.3, -0.25) is 0 Å². The van der Waals surface area contributed by atoms with Crippen LogP contribution in [0.1, 0.15) is 19.3 Å². The summed E-state index contributed by atoms with van der Waals surface area (Å²) in [5.41, 5.74) is 5.36. The summed E-state index contributed by atoms with van der Waals surface area (Å²) in [4.78, 5) is 0. The molecule has 0 bridgehead atoms. The third-order valence-electron chi connectivity index (χ3n) is 2.64. The number of hydrogen-bond acceptors (Lipinski definition) is 3. The Kier molecular flexibility index (Phi) is 4.42. The number of alkyl halides is 2. The van der Waals surface area contributed by atoms with Gasteiger partial charge in [0.05, 0.1) is 0 Å². The SMILES string of the molecule is NCCC1CCCN(S(=O)(=O)C(F)F)C1. The maximum Gasteiger partial charge on any atom is 0.350 e. The summed E-state index contributed by atoms with van der Waals surface area (Å²) in [6, 6.07) is 0. The van der Waals surface area contributed by atoms with E-state index in [2.05, 4.69) is 0 Å². The van der Waals surface area contributed by atoms with E-state index in [-0.39, 0.29) is 19.0 Å². The molecule has 0 radical (unpaired) electrons. The Balaban J connectivity index is 2.64. The van der Waals surface area contributed by atoms with Gasteiger partial charge >= 0.3 is 5.76 Å². The van der Waals surface area contributed by atoms with E-state index in [4.69, 9.17) is 5.73 Å². The molecule has 0 aromatic rings. The van der Waals surface area contributed by atoms with Gasteiger partial charge in [0.25, 0.3) is 10.0 Å². The van der Waals surface area contributed by atoms with E-state index < -0.39 is 15.8 Å². The Labute approximate surface area is 88.5 Å². The van der Waals surface area contributed by atoms with Crippen molar-refractivity contribution in [3.63, 3.8) is 0 Å². The van der Waals surface area contributed by atoms with E-state index in [1.54, 1.807) is 0 Å². The van der Waals surface area contributed by atoms with Crippen molar-refractivity contribution < 1.29 is 17.2 Å². The number of halogens is 2. The number of nitrogens with zero attached hydrogens (tertiary/aromatic N) is 1. The lowest BCUT2D eigenvalue weighted by Crippen LogP contribution is -2.42. The van der Waals surface area contributed by atoms with E-state index in [9.17, 15) is 17.2 Å². The van der Waals surface area contributed by atoms with Crippen molar-refractivity contribution in [3.05, 3.63) is 0 Å². The molecule has 1 atom stereocenters. The van der Waals surface area contributed by atoms with Crippen LogP contribution in [-0.2, 0) is 10.0 Å². The predicted molar refractivity (Wildman–Crippen MR) is 52.9 cm³/mol. The normalized spacial score (nSPS) is 24.7. The molecule has 90 valence electrons. The average Bonchev–Trinajstić information content (AvgIpc) is 2.18. The lowest BCUT2D eigenvalue weighted by molar-refractivity contribution is 0.199. The zero-order valence-corrected chi connectivity index (χ0v) is 9.22. The van der Waals surface area contributed by atoms with Crippen molar-refractivity contribution in [1.29, 1.82) is 0 Å². The second-order valence-electron chi connectivity index (χ2n) is 3.75. The van der Waals surface area contributed by atoms with Gasteiger partial charge in [-0.1, -0.05) is 0 Å². The van der Waals surface area contributed by atoms with Crippen LogP contribution in [0.4, 0.5) is 8.78 Å². The summed E-state index contributed by atoms with van der Waals surface area (Å²) in [5, 5.41) is 0. The lowest BCUT2D eigenvalue weighted by Gasteiger charge is -2.31. The van der Waals surface area contributed by atoms with Gasteiger partial charge in [0.1, 0.15) is 0 Å². The first-order chi connectivity index (χ1) is 6.98. The third-order valence-corrected chi connectivity index (χ3v) is 4.14. The van der Waals surface area contributed by atoms with Crippen LogP contribution >= 0.6 is 0 Å². The van der Waals surface area contributed by atoms with Crippen LogP contribution in [0, 0.1) is 5.92 Å². The molecule has 0 aromatic carbocycles. The van der Waals surface area contributed by atoms with Crippen LogP contribution in [0.2, 0.25) is 0 Å². The highest BCUT2D eigenvalue weighted by molar-refractivity contribution is 7.89. The van der Waals surface area contributed by atoms with Gasteiger partial charge in [-0.2, -0.15) is 13.1 Å². The number of nitrogens with two attached hydrogens (primary N) is 1. The minimum absolute atomic E-state index is 0.122. The summed E-state index contributed by atoms with van der Waals surface area (Å²) < 4.78 is 47.8. The van der Waals surface area contributed by atoms with E-state index in [1.807, 2.05) is 0 Å². The largest absolute Gasteiger partial charge is 0.350 e. The van der Waals surface area contributed by atoms with Crippen LogP contribution < -0.4 is 5.73 Å². The molecule has 0 aliphatic carbocycles. The molecule has 15 heavy (non-hydrogen) atoms. The fraction of sp³-hybridized carbons (Fsp3) is 1.00. The molecule has 2 N–H and O–H groups in total. The highest BCUT2D eigenvalue weighted by Crippen LogP contribution is 2.23. The van der Waals surface area contributed by atoms with Crippen LogP contribution in [0.3, 0.4) is 0 Å². The Morgan fingerprint density at radius 3 is 2.67 bits per heavy atom. The highest BCUT2D eigenvalue weighted by Gasteiger charge is 2.35. The van der Waals surface area contributed by atoms with E-state index in [1.165, 1.54) is 0 Å². The Morgan fingerprint density at radius 1 is 1.47 bits per heavy atom. The molecule has 1 rings (SSSR count). The number of hydrogen-bond donors (Lipinski definition) is 1. The van der Waals surface area contributed by atoms with Crippen molar-refractivity contribution in [2.75, 3.05) is 19.6 Å². The monoisotopic (exact) mass is 242 g/mol. The van der Waals surface area contributed by atoms with Gasteiger partial charge in [-0.25, -0.2) is 8.42 Å². The van der Waals surface area contributed by atoms with Crippen LogP contribution in [0.25, 0.3) is 0 Å². The highest BCUT2D eigenvalue weighted by atomic mass is 32.2. The number of rotatable bonds is 4. The maximum absolute atomic E-state index is 12.3. The minimum atomic E-state index is -4.39. The standard InChI is InChI=1S/C8H16F2N2O2S/c9-8(10)15(13,14)12-5-1-2-7(6-12)3-4-11/h7-8H,1-6,11H2. The molecule has 1 unspecified atom stereocenters. The van der Waals surface area contributed by atoms with E-state index in [0.29, 0.717) is 19.4 Å². The molecule has 1 saturated heterocycles. The van der Waals surface area contributed by atoms with Crippen molar-refractivity contribution in [2.24, 2.45) is 11.7 Å².